The Hall–Kier alpha value is -3.19. The Balaban J connectivity index is 1.61. The number of thiazole rings is 1. The molecule has 1 aliphatic heterocycles. The second kappa shape index (κ2) is 7.44. The van der Waals surface area contributed by atoms with Gasteiger partial charge in [-0.3, -0.25) is 9.59 Å². The lowest BCUT2D eigenvalue weighted by Crippen LogP contribution is -2.46. The summed E-state index contributed by atoms with van der Waals surface area (Å²) in [7, 11) is 0. The monoisotopic (exact) mass is 392 g/mol. The molecule has 1 aromatic heterocycles. The zero-order chi connectivity index (χ0) is 19.7. The topological polar surface area (TPSA) is 74.3 Å². The van der Waals surface area contributed by atoms with E-state index in [1.807, 2.05) is 62.4 Å². The lowest BCUT2D eigenvalue weighted by Gasteiger charge is -2.37. The standard InChI is InChI=1S/C21H20N4O2S/c1-13-14(2)28-21(22-13)24-18(26)12-25-19(15-8-4-3-5-9-15)23-17-11-7-6-10-16(17)20(25)27/h3-11,19,23H,12H2,1-2H3,(H,22,24,26)/t19-/m1/s1. The summed E-state index contributed by atoms with van der Waals surface area (Å²) in [5, 5.41) is 6.75. The van der Waals surface area contributed by atoms with Gasteiger partial charge in [-0.05, 0) is 31.5 Å². The molecule has 6 nitrogen and oxygen atoms in total. The van der Waals surface area contributed by atoms with E-state index >= 15 is 0 Å². The highest BCUT2D eigenvalue weighted by Gasteiger charge is 2.34. The number of para-hydroxylation sites is 1. The van der Waals surface area contributed by atoms with Crippen LogP contribution in [0.5, 0.6) is 0 Å². The van der Waals surface area contributed by atoms with Gasteiger partial charge in [0.1, 0.15) is 12.7 Å². The van der Waals surface area contributed by atoms with Crippen molar-refractivity contribution in [3.63, 3.8) is 0 Å². The van der Waals surface area contributed by atoms with E-state index in [1.165, 1.54) is 11.3 Å². The van der Waals surface area contributed by atoms with Gasteiger partial charge < -0.3 is 15.5 Å². The number of aromatic nitrogens is 1. The number of hydrogen-bond acceptors (Lipinski definition) is 5. The van der Waals surface area contributed by atoms with Crippen LogP contribution in [0.3, 0.4) is 0 Å². The summed E-state index contributed by atoms with van der Waals surface area (Å²) in [6.45, 7) is 3.79. The lowest BCUT2D eigenvalue weighted by molar-refractivity contribution is -0.117. The van der Waals surface area contributed by atoms with E-state index in [1.54, 1.807) is 11.0 Å². The predicted octanol–water partition coefficient (Wildman–Crippen LogP) is 3.97. The number of benzene rings is 2. The maximum absolute atomic E-state index is 13.1. The van der Waals surface area contributed by atoms with Crippen molar-refractivity contribution in [2.75, 3.05) is 17.2 Å². The van der Waals surface area contributed by atoms with Crippen LogP contribution in [-0.4, -0.2) is 28.2 Å². The van der Waals surface area contributed by atoms with Crippen LogP contribution in [0.1, 0.15) is 32.7 Å². The Morgan fingerprint density at radius 2 is 1.86 bits per heavy atom. The molecule has 0 saturated carbocycles. The second-order valence-electron chi connectivity index (χ2n) is 6.64. The van der Waals surface area contributed by atoms with Gasteiger partial charge in [0.25, 0.3) is 5.91 Å². The van der Waals surface area contributed by atoms with Gasteiger partial charge in [-0.15, -0.1) is 11.3 Å². The molecule has 0 radical (unpaired) electrons. The van der Waals surface area contributed by atoms with Crippen LogP contribution in [0.2, 0.25) is 0 Å². The van der Waals surface area contributed by atoms with Crippen molar-refractivity contribution in [3.8, 4) is 0 Å². The third-order valence-electron chi connectivity index (χ3n) is 4.73. The fourth-order valence-electron chi connectivity index (χ4n) is 3.19. The summed E-state index contributed by atoms with van der Waals surface area (Å²) in [5.41, 5.74) is 3.14. The van der Waals surface area contributed by atoms with Crippen molar-refractivity contribution in [1.29, 1.82) is 0 Å². The minimum atomic E-state index is -0.422. The van der Waals surface area contributed by atoms with Crippen LogP contribution in [0, 0.1) is 13.8 Å². The number of carbonyl (C=O) groups is 2. The quantitative estimate of drug-likeness (QED) is 0.705. The number of fused-ring (bicyclic) bond motifs is 1. The molecule has 28 heavy (non-hydrogen) atoms. The average Bonchev–Trinajstić information content (AvgIpc) is 3.01. The summed E-state index contributed by atoms with van der Waals surface area (Å²) >= 11 is 1.43. The Labute approximate surface area is 167 Å². The maximum atomic E-state index is 13.1. The van der Waals surface area contributed by atoms with Gasteiger partial charge in [0.15, 0.2) is 5.13 Å². The van der Waals surface area contributed by atoms with E-state index in [0.29, 0.717) is 10.7 Å². The van der Waals surface area contributed by atoms with Crippen molar-refractivity contribution >= 4 is 34.0 Å². The number of nitrogens with one attached hydrogen (secondary N) is 2. The highest BCUT2D eigenvalue weighted by Crippen LogP contribution is 2.33. The van der Waals surface area contributed by atoms with Gasteiger partial charge in [0.2, 0.25) is 5.91 Å². The molecule has 4 rings (SSSR count). The van der Waals surface area contributed by atoms with Gasteiger partial charge in [-0.25, -0.2) is 4.98 Å². The highest BCUT2D eigenvalue weighted by atomic mass is 32.1. The van der Waals surface area contributed by atoms with Crippen LogP contribution in [-0.2, 0) is 4.79 Å². The Kier molecular flexibility index (Phi) is 4.83. The summed E-state index contributed by atoms with van der Waals surface area (Å²) in [5.74, 6) is -0.450. The van der Waals surface area contributed by atoms with Crippen LogP contribution in [0.15, 0.2) is 54.6 Å². The van der Waals surface area contributed by atoms with Gasteiger partial charge in [0, 0.05) is 10.6 Å². The van der Waals surface area contributed by atoms with E-state index in [0.717, 1.165) is 21.8 Å². The molecule has 0 unspecified atom stereocenters. The third-order valence-corrected chi connectivity index (χ3v) is 5.71. The number of nitrogens with zero attached hydrogens (tertiary/aromatic N) is 2. The zero-order valence-electron chi connectivity index (χ0n) is 15.6. The van der Waals surface area contributed by atoms with E-state index in [9.17, 15) is 9.59 Å². The molecule has 7 heteroatoms. The molecule has 1 atom stereocenters. The summed E-state index contributed by atoms with van der Waals surface area (Å²) in [6, 6.07) is 17.0. The van der Waals surface area contributed by atoms with Crippen molar-refractivity contribution < 1.29 is 9.59 Å². The Morgan fingerprint density at radius 3 is 2.57 bits per heavy atom. The minimum absolute atomic E-state index is 0.0720. The van der Waals surface area contributed by atoms with Crippen LogP contribution in [0.25, 0.3) is 0 Å². The molecule has 2 aromatic carbocycles. The van der Waals surface area contributed by atoms with Gasteiger partial charge in [-0.2, -0.15) is 0 Å². The van der Waals surface area contributed by atoms with Crippen LogP contribution in [0.4, 0.5) is 10.8 Å². The number of amides is 2. The fourth-order valence-corrected chi connectivity index (χ4v) is 4.02. The first kappa shape index (κ1) is 18.2. The maximum Gasteiger partial charge on any atom is 0.258 e. The number of hydrogen-bond donors (Lipinski definition) is 2. The highest BCUT2D eigenvalue weighted by molar-refractivity contribution is 7.15. The fraction of sp³-hybridized carbons (Fsp3) is 0.190. The van der Waals surface area contributed by atoms with Gasteiger partial charge >= 0.3 is 0 Å². The summed E-state index contributed by atoms with van der Waals surface area (Å²) in [6.07, 6.45) is -0.422. The molecule has 0 bridgehead atoms. The van der Waals surface area contributed by atoms with Crippen molar-refractivity contribution in [2.45, 2.75) is 20.0 Å². The molecule has 3 aromatic rings. The van der Waals surface area contributed by atoms with Gasteiger partial charge in [-0.1, -0.05) is 42.5 Å². The summed E-state index contributed by atoms with van der Waals surface area (Å²) in [4.78, 5) is 32.8. The van der Waals surface area contributed by atoms with Crippen LogP contribution >= 0.6 is 11.3 Å². The first-order chi connectivity index (χ1) is 13.5. The minimum Gasteiger partial charge on any atom is -0.361 e. The number of aryl methyl sites for hydroxylation is 2. The first-order valence-electron chi connectivity index (χ1n) is 8.98. The molecule has 0 spiro atoms. The van der Waals surface area contributed by atoms with E-state index in [2.05, 4.69) is 15.6 Å². The molecular formula is C21H20N4O2S. The largest absolute Gasteiger partial charge is 0.361 e. The Bertz CT molecular complexity index is 1010. The number of carbonyl (C=O) groups excluding carboxylic acids is 2. The second-order valence-corrected chi connectivity index (χ2v) is 7.85. The molecule has 142 valence electrons. The Morgan fingerprint density at radius 1 is 1.14 bits per heavy atom. The molecule has 1 aliphatic rings. The lowest BCUT2D eigenvalue weighted by atomic mass is 10.0. The normalized spacial score (nSPS) is 15.7. The SMILES string of the molecule is Cc1nc(NC(=O)CN2C(=O)c3ccccc3N[C@H]2c2ccccc2)sc1C. The van der Waals surface area contributed by atoms with Crippen molar-refractivity contribution in [3.05, 3.63) is 76.3 Å². The average molecular weight is 392 g/mol. The van der Waals surface area contributed by atoms with E-state index in [4.69, 9.17) is 0 Å². The third kappa shape index (κ3) is 3.48. The molecule has 2 amide bonds. The van der Waals surface area contributed by atoms with Crippen molar-refractivity contribution in [2.24, 2.45) is 0 Å². The van der Waals surface area contributed by atoms with Crippen molar-refractivity contribution in [1.82, 2.24) is 9.88 Å². The zero-order valence-corrected chi connectivity index (χ0v) is 16.4. The predicted molar refractivity (Wildman–Crippen MR) is 111 cm³/mol. The molecule has 2 heterocycles. The summed E-state index contributed by atoms with van der Waals surface area (Å²) < 4.78 is 0. The van der Waals surface area contributed by atoms with Crippen LogP contribution < -0.4 is 10.6 Å². The number of anilines is 2. The molecular weight excluding hydrogens is 372 g/mol. The van der Waals surface area contributed by atoms with E-state index < -0.39 is 6.17 Å². The number of rotatable bonds is 4. The van der Waals surface area contributed by atoms with E-state index in [-0.39, 0.29) is 18.4 Å². The molecule has 0 aliphatic carbocycles. The first-order valence-corrected chi connectivity index (χ1v) is 9.80. The smallest absolute Gasteiger partial charge is 0.258 e. The van der Waals surface area contributed by atoms with Gasteiger partial charge in [0.05, 0.1) is 11.3 Å². The molecule has 2 N–H and O–H groups in total. The molecule has 0 fully saturated rings. The molecule has 0 saturated heterocycles.